The number of amides is 1. The lowest BCUT2D eigenvalue weighted by Crippen LogP contribution is -2.10. The van der Waals surface area contributed by atoms with Crippen LogP contribution in [0.5, 0.6) is 0 Å². The number of ketones is 2. The van der Waals surface area contributed by atoms with Gasteiger partial charge in [0.25, 0.3) is 0 Å². The number of aromatic amines is 1. The highest BCUT2D eigenvalue weighted by Gasteiger charge is 2.18. The van der Waals surface area contributed by atoms with Crippen LogP contribution in [0.25, 0.3) is 10.9 Å². The predicted octanol–water partition coefficient (Wildman–Crippen LogP) is 41.7. The van der Waals surface area contributed by atoms with Gasteiger partial charge < -0.3 is 36.3 Å². The smallest absolute Gasteiger partial charge is 0.303 e. The van der Waals surface area contributed by atoms with Gasteiger partial charge in [0.2, 0.25) is 5.91 Å². The van der Waals surface area contributed by atoms with Crippen molar-refractivity contribution in [1.29, 1.82) is 0 Å². The summed E-state index contributed by atoms with van der Waals surface area (Å²) < 4.78 is 0. The fraction of sp³-hybridized carbons (Fsp3) is 0.789. The number of aromatic nitrogens is 1. The van der Waals surface area contributed by atoms with Crippen molar-refractivity contribution in [2.75, 3.05) is 24.3 Å². The number of aliphatic hydroxyl groups is 1. The number of nitrogens with one attached hydrogen (secondary N) is 1. The minimum Gasteiger partial charge on any atom is -0.481 e. The highest BCUT2D eigenvalue weighted by atomic mass is 32.2. The van der Waals surface area contributed by atoms with Crippen molar-refractivity contribution in [2.24, 2.45) is 158 Å². The number of carbonyl (C=O) groups excluding carboxylic acids is 3. The number of hydrogen-bond donors (Lipinski definition) is 6. The van der Waals surface area contributed by atoms with E-state index in [9.17, 15) is 19.2 Å². The normalized spacial score (nSPS) is 12.0. The first-order valence-electron chi connectivity index (χ1n) is 58.8. The van der Waals surface area contributed by atoms with E-state index < -0.39 is 5.97 Å². The third-order valence-corrected chi connectivity index (χ3v) is 23.7. The Hall–Kier alpha value is -4.98. The molecule has 868 valence electrons. The zero-order valence-corrected chi connectivity index (χ0v) is 110. The largest absolute Gasteiger partial charge is 0.481 e. The highest BCUT2D eigenvalue weighted by molar-refractivity contribution is 7.98. The lowest BCUT2D eigenvalue weighted by molar-refractivity contribution is -0.137. The van der Waals surface area contributed by atoms with Crippen molar-refractivity contribution in [1.82, 2.24) is 4.98 Å². The summed E-state index contributed by atoms with van der Waals surface area (Å²) in [5.74, 6) is 20.4. The van der Waals surface area contributed by atoms with E-state index in [1.807, 2.05) is 66.4 Å². The summed E-state index contributed by atoms with van der Waals surface area (Å²) in [7, 11) is 0. The van der Waals surface area contributed by atoms with Crippen LogP contribution in [0, 0.1) is 143 Å². The molecule has 2 heterocycles. The average Bonchev–Trinajstić information content (AvgIpc) is 1.69. The van der Waals surface area contributed by atoms with Crippen molar-refractivity contribution < 1.29 is 29.4 Å². The SMILES string of the molecule is CC(=O)CC(C)C.CC(=O)CCC(C)C.CC(C)C.CC(C)C(C)C.CC(C)C(C)O.CC(C)C1CCCC1.CC(C)CC(=O)O.CC(C)CC(C)C.CC(C)CC1=CCC=N1.CC(C)CCC(N)=O.CC(C)CS.CC(C)Cc1c[nH]c2ccccc12.CC(C)Cc1ccccc1.CC(N)=NCCCC(C)C.CCC(C)C.CCC(C)C(C)C.CCCCCC(C)C.CSCCC(C)C.Cc1ccc(CC(C)C)cc1. The van der Waals surface area contributed by atoms with Crippen LogP contribution < -0.4 is 11.5 Å². The van der Waals surface area contributed by atoms with Crippen LogP contribution in [0.1, 0.15) is 517 Å². The molecule has 0 spiro atoms. The van der Waals surface area contributed by atoms with Gasteiger partial charge in [-0.25, -0.2) is 0 Å². The molecule has 1 aliphatic carbocycles. The van der Waals surface area contributed by atoms with Crippen LogP contribution in [-0.2, 0) is 38.4 Å². The van der Waals surface area contributed by atoms with Gasteiger partial charge in [-0.2, -0.15) is 24.4 Å². The summed E-state index contributed by atoms with van der Waals surface area (Å²) in [6.45, 7) is 113. The number of fused-ring (bicyclic) bond motifs is 1. The number of aryl methyl sites for hydroxylation is 1. The van der Waals surface area contributed by atoms with E-state index >= 15 is 0 Å². The number of aliphatic hydroxyl groups excluding tert-OH is 1. The number of Topliss-reactive ketones (excluding diaryl/α,β-unsaturated/α-hetero) is 2. The van der Waals surface area contributed by atoms with Gasteiger partial charge in [-0.1, -0.05) is 474 Å². The first kappa shape index (κ1) is 169. The molecule has 1 fully saturated rings. The van der Waals surface area contributed by atoms with Gasteiger partial charge >= 0.3 is 5.97 Å². The number of primary amides is 1. The van der Waals surface area contributed by atoms with E-state index in [2.05, 4.69) is 416 Å². The maximum absolute atomic E-state index is 10.3. The Labute approximate surface area is 926 Å². The number of thioether (sulfide) groups is 1. The van der Waals surface area contributed by atoms with E-state index in [1.165, 1.54) is 141 Å². The molecule has 1 aliphatic heterocycles. The molecule has 0 radical (unpaired) electrons. The predicted molar refractivity (Wildman–Crippen MR) is 676 cm³/mol. The number of unbranched alkanes of at least 4 members (excludes halogenated alkanes) is 2. The number of amidine groups is 1. The Morgan fingerprint density at radius 2 is 0.849 bits per heavy atom. The molecule has 7 N–H and O–H groups in total. The molecule has 0 saturated heterocycles. The number of carboxylic acids is 1. The molecule has 1 amide bonds. The summed E-state index contributed by atoms with van der Waals surface area (Å²) >= 11 is 5.95. The second-order valence-electron chi connectivity index (χ2n) is 49.4. The Balaban J connectivity index is -0.000000117. The summed E-state index contributed by atoms with van der Waals surface area (Å²) in [5, 5.41) is 18.1. The maximum atomic E-state index is 10.3. The lowest BCUT2D eigenvalue weighted by Gasteiger charge is -2.11. The molecule has 2 aliphatic rings. The second-order valence-corrected chi connectivity index (χ2v) is 50.8. The van der Waals surface area contributed by atoms with Gasteiger partial charge in [0.15, 0.2) is 0 Å². The van der Waals surface area contributed by atoms with Crippen LogP contribution in [0.2, 0.25) is 0 Å². The highest BCUT2D eigenvalue weighted by Crippen LogP contribution is 2.31. The number of nitrogens with two attached hydrogens (primary N) is 2. The number of benzene rings is 3. The third kappa shape index (κ3) is 175. The Kier molecular flexibility index (Phi) is 137. The standard InChI is InChI=1S/C12H15N.C11H16.C10H14.C8H18N2.C8H13N.C8H16.C8H18.C7H14O.2C7H16.C6H13NO.C6H12O.C6H14S.C6H14.C5H10O2.C5H12O.C5H12.C4H10S.C4H10/c1-9(2)7-10-8-13-12-6-4-3-5-11(10)12;1-9(2)8-11-6-4-10(3)5-7-11;1-9(2)8-10-6-4-3-5-7-10;1-7(2)5-4-6-10-8(3)9;1-7(2)6-8-4-3-5-9-8;1-7(2)8-5-3-4-6-8;1-4-5-6-7-8(2)3;1-6(2)4-5-7(3)8;1-6(2)5-7(3)4;1-5-7(4)6(2)3;1-5(2)3-4-6(7)8;1-5(2)4-6(3)7;1-6(2)4-5-7-3;1-5(2)6(3)4;1-4(2)3-5(6)7;1-4(2)5(3)6;1-4-5(2)3;1-4(2)3-5;1-4(2)3/h3-6,8-9,13H,7H2,1-2H3;4-7,9H,8H2,1-3H3;3-7,9H,8H2,1-2H3;7H,4-6H2,1-3H3,(H2,9,10);4-5,7H,3,6H2,1-2H3;7-8H,3-6H2,1-2H3;8H,4-7H2,1-3H3;6H,4-5H2,1-3H3;2*6-7H,5H2,1-4H3;5H,3-4H2,1-2H3,(H2,7,8);5H,4H2,1-3H3;6H,4-5H2,1-3H3;5-6H,1-4H3;4H,3H2,1-2H3,(H,6,7);4-6H,1-3H3;5H,4H2,1-3H3;4-5H,3H2,1-2H3;4H,1-3H3. The van der Waals surface area contributed by atoms with E-state index in [0.29, 0.717) is 41.7 Å². The molecular weight excluding hydrogens is 1830 g/mol. The monoisotopic (exact) mass is 2090 g/mol. The average molecular weight is 2090 g/mol. The molecule has 13 heteroatoms. The van der Waals surface area contributed by atoms with Crippen molar-refractivity contribution in [3.8, 4) is 0 Å². The fourth-order valence-electron chi connectivity index (χ4n) is 11.8. The van der Waals surface area contributed by atoms with Gasteiger partial charge in [-0.3, -0.25) is 19.6 Å². The molecular formula is C133H263N5O6S2. The van der Waals surface area contributed by atoms with Crippen molar-refractivity contribution in [2.45, 2.75) is 527 Å². The summed E-state index contributed by atoms with van der Waals surface area (Å²) in [4.78, 5) is 52.1. The number of allylic oxidation sites excluding steroid dienone is 2. The number of rotatable bonds is 38. The van der Waals surface area contributed by atoms with Gasteiger partial charge in [0.05, 0.1) is 11.9 Å². The van der Waals surface area contributed by atoms with Gasteiger partial charge in [0, 0.05) is 67.7 Å². The van der Waals surface area contributed by atoms with Gasteiger partial charge in [-0.05, 0) is 275 Å². The Bertz CT molecular complexity index is 3290. The van der Waals surface area contributed by atoms with Crippen molar-refractivity contribution >= 4 is 70.8 Å². The molecule has 146 heavy (non-hydrogen) atoms. The Morgan fingerprint density at radius 1 is 0.452 bits per heavy atom. The number of aliphatic imine (C=N–C) groups is 2. The summed E-state index contributed by atoms with van der Waals surface area (Å²) in [5.41, 5.74) is 18.5. The summed E-state index contributed by atoms with van der Waals surface area (Å²) in [6.07, 6.45) is 37.6. The number of thiol groups is 1. The number of carbonyl (C=O) groups is 4. The summed E-state index contributed by atoms with van der Waals surface area (Å²) in [6, 6.07) is 27.9. The number of H-pyrrole nitrogens is 1. The molecule has 1 aromatic heterocycles. The minimum absolute atomic E-state index is 0.148. The minimum atomic E-state index is -0.713. The molecule has 11 nitrogen and oxygen atoms in total. The molecule has 2 atom stereocenters. The van der Waals surface area contributed by atoms with E-state index in [-0.39, 0.29) is 30.1 Å². The molecule has 3 aromatic carbocycles. The molecule has 0 bridgehead atoms. The van der Waals surface area contributed by atoms with Gasteiger partial charge in [-0.15, -0.1) is 0 Å². The molecule has 2 unspecified atom stereocenters. The number of hydrogen-bond acceptors (Lipinski definition) is 9. The fourth-order valence-corrected chi connectivity index (χ4v) is 12.5. The maximum Gasteiger partial charge on any atom is 0.303 e. The molecule has 4 aromatic rings. The van der Waals surface area contributed by atoms with Gasteiger partial charge in [0.1, 0.15) is 11.6 Å². The third-order valence-electron chi connectivity index (χ3n) is 22.3. The molecule has 6 rings (SSSR count). The number of nitrogens with zero attached hydrogens (tertiary/aromatic N) is 2. The first-order valence-corrected chi connectivity index (χ1v) is 60.8. The Morgan fingerprint density at radius 3 is 1.09 bits per heavy atom. The zero-order chi connectivity index (χ0) is 117. The van der Waals surface area contributed by atoms with Crippen LogP contribution in [0.3, 0.4) is 0 Å². The topological polar surface area (TPSA) is 201 Å². The van der Waals surface area contributed by atoms with Crippen LogP contribution in [-0.4, -0.2) is 81.1 Å². The van der Waals surface area contributed by atoms with E-state index in [4.69, 9.17) is 21.7 Å². The van der Waals surface area contributed by atoms with Crippen LogP contribution in [0.15, 0.2) is 107 Å². The zero-order valence-electron chi connectivity index (χ0n) is 108. The van der Waals surface area contributed by atoms with Crippen LogP contribution >= 0.6 is 24.4 Å². The van der Waals surface area contributed by atoms with E-state index in [0.717, 1.165) is 170 Å². The molecule has 1 saturated carbocycles. The quantitative estimate of drug-likeness (QED) is 0.0110. The van der Waals surface area contributed by atoms with Crippen molar-refractivity contribution in [3.05, 3.63) is 119 Å². The first-order chi connectivity index (χ1) is 67.4. The lowest BCUT2D eigenvalue weighted by atomic mass is 9.95. The second kappa shape index (κ2) is 119. The number of aliphatic carboxylic acids is 1. The number of carboxylic acid groups (broad SMARTS) is 1. The van der Waals surface area contributed by atoms with Crippen LogP contribution in [0.4, 0.5) is 0 Å². The number of para-hydroxylation sites is 1. The van der Waals surface area contributed by atoms with Crippen molar-refractivity contribution in [3.63, 3.8) is 0 Å². The van der Waals surface area contributed by atoms with E-state index in [1.54, 1.807) is 20.8 Å².